The van der Waals surface area contributed by atoms with E-state index in [0.29, 0.717) is 0 Å². The molecule has 0 saturated carbocycles. The van der Waals surface area contributed by atoms with Gasteiger partial charge in [0.2, 0.25) is 0 Å². The van der Waals surface area contributed by atoms with Crippen molar-refractivity contribution in [3.05, 3.63) is 38.9 Å². The van der Waals surface area contributed by atoms with Crippen LogP contribution in [0.1, 0.15) is 19.4 Å². The summed E-state index contributed by atoms with van der Waals surface area (Å²) < 4.78 is 0. The van der Waals surface area contributed by atoms with Gasteiger partial charge in [-0.25, -0.2) is 0 Å². The fourth-order valence-electron chi connectivity index (χ4n) is 1.02. The predicted octanol–water partition coefficient (Wildman–Crippen LogP) is 2.90. The van der Waals surface area contributed by atoms with Gasteiger partial charge in [0.1, 0.15) is 0 Å². The van der Waals surface area contributed by atoms with E-state index in [0.717, 1.165) is 6.07 Å². The molecule has 0 bridgehead atoms. The third-order valence-corrected chi connectivity index (χ3v) is 1.82. The summed E-state index contributed by atoms with van der Waals surface area (Å²) in [5.41, 5.74) is -0.119. The number of halogens is 1. The molecule has 0 aliphatic rings. The Hall–Kier alpha value is -1.62. The molecule has 0 spiro atoms. The second-order valence-corrected chi connectivity index (χ2v) is 3.04. The van der Waals surface area contributed by atoms with Gasteiger partial charge in [-0.3, -0.25) is 14.9 Å². The van der Waals surface area contributed by atoms with E-state index in [-0.39, 0.29) is 22.7 Å². The molecule has 0 unspecified atom stereocenters. The first-order valence-corrected chi connectivity index (χ1v) is 5.03. The van der Waals surface area contributed by atoms with Gasteiger partial charge in [-0.2, -0.15) is 0 Å². The van der Waals surface area contributed by atoms with E-state index >= 15 is 0 Å². The second kappa shape index (κ2) is 6.79. The van der Waals surface area contributed by atoms with Crippen LogP contribution in [0.3, 0.4) is 0 Å². The Balaban J connectivity index is 0.00000106. The van der Waals surface area contributed by atoms with Crippen LogP contribution in [0.25, 0.3) is 0 Å². The molecule has 1 rings (SSSR count). The van der Waals surface area contributed by atoms with Crippen LogP contribution in [-0.4, -0.2) is 16.0 Å². The molecule has 0 radical (unpaired) electrons. The average Bonchev–Trinajstić information content (AvgIpc) is 2.23. The summed E-state index contributed by atoms with van der Waals surface area (Å²) in [6.07, 6.45) is -0.381. The molecule has 16 heavy (non-hydrogen) atoms. The number of carboxylic acid groups (broad SMARTS) is 1. The van der Waals surface area contributed by atoms with Crippen LogP contribution in [0.15, 0.2) is 18.2 Å². The predicted molar refractivity (Wildman–Crippen MR) is 60.8 cm³/mol. The highest BCUT2D eigenvalue weighted by molar-refractivity contribution is 6.30. The SMILES string of the molecule is CC.O=C(O)Cc1ccc(Cl)cc1[N+](=O)[O-]. The number of aliphatic carboxylic acids is 1. The summed E-state index contributed by atoms with van der Waals surface area (Å²) in [7, 11) is 0. The van der Waals surface area contributed by atoms with Gasteiger partial charge in [-0.05, 0) is 6.07 Å². The lowest BCUT2D eigenvalue weighted by Crippen LogP contribution is -2.03. The van der Waals surface area contributed by atoms with Crippen LogP contribution in [0.2, 0.25) is 5.02 Å². The lowest BCUT2D eigenvalue weighted by molar-refractivity contribution is -0.385. The van der Waals surface area contributed by atoms with Crippen molar-refractivity contribution in [3.8, 4) is 0 Å². The molecule has 0 aromatic heterocycles. The Morgan fingerprint density at radius 1 is 1.50 bits per heavy atom. The number of carbonyl (C=O) groups is 1. The van der Waals surface area contributed by atoms with Gasteiger partial charge in [0.15, 0.2) is 0 Å². The van der Waals surface area contributed by atoms with Crippen LogP contribution in [0.4, 0.5) is 5.69 Å². The van der Waals surface area contributed by atoms with Crippen LogP contribution in [-0.2, 0) is 11.2 Å². The Morgan fingerprint density at radius 3 is 2.50 bits per heavy atom. The van der Waals surface area contributed by atoms with Gasteiger partial charge >= 0.3 is 5.97 Å². The molecule has 6 heteroatoms. The molecule has 0 aliphatic heterocycles. The summed E-state index contributed by atoms with van der Waals surface area (Å²) in [5.74, 6) is -1.12. The third-order valence-electron chi connectivity index (χ3n) is 1.59. The van der Waals surface area contributed by atoms with Crippen LogP contribution >= 0.6 is 11.6 Å². The summed E-state index contributed by atoms with van der Waals surface area (Å²) in [6.45, 7) is 4.00. The molecule has 0 heterocycles. The van der Waals surface area contributed by atoms with Crippen LogP contribution in [0, 0.1) is 10.1 Å². The molecule has 0 amide bonds. The van der Waals surface area contributed by atoms with Crippen molar-refractivity contribution in [1.82, 2.24) is 0 Å². The fourth-order valence-corrected chi connectivity index (χ4v) is 1.19. The largest absolute Gasteiger partial charge is 0.481 e. The zero-order valence-corrected chi connectivity index (χ0v) is 9.69. The highest BCUT2D eigenvalue weighted by Crippen LogP contribution is 2.23. The number of benzene rings is 1. The second-order valence-electron chi connectivity index (χ2n) is 2.60. The molecule has 5 nitrogen and oxygen atoms in total. The molecular weight excluding hydrogens is 234 g/mol. The minimum Gasteiger partial charge on any atom is -0.481 e. The first-order chi connectivity index (χ1) is 7.50. The third kappa shape index (κ3) is 4.27. The summed E-state index contributed by atoms with van der Waals surface area (Å²) >= 11 is 5.55. The maximum absolute atomic E-state index is 10.5. The number of nitro benzene ring substituents is 1. The monoisotopic (exact) mass is 245 g/mol. The van der Waals surface area contributed by atoms with Gasteiger partial charge in [0.05, 0.1) is 11.3 Å². The smallest absolute Gasteiger partial charge is 0.308 e. The van der Waals surface area contributed by atoms with Crippen molar-refractivity contribution in [1.29, 1.82) is 0 Å². The molecule has 0 atom stereocenters. The standard InChI is InChI=1S/C8H6ClNO4.C2H6/c9-6-2-1-5(3-8(11)12)7(4-6)10(13)14;1-2/h1-2,4H,3H2,(H,11,12);1-2H3. The van der Waals surface area contributed by atoms with E-state index in [4.69, 9.17) is 16.7 Å². The maximum Gasteiger partial charge on any atom is 0.308 e. The number of rotatable bonds is 3. The lowest BCUT2D eigenvalue weighted by atomic mass is 10.1. The summed E-state index contributed by atoms with van der Waals surface area (Å²) in [5, 5.41) is 19.2. The number of nitrogens with zero attached hydrogens (tertiary/aromatic N) is 1. The molecule has 1 aromatic carbocycles. The summed E-state index contributed by atoms with van der Waals surface area (Å²) in [6, 6.07) is 3.90. The molecule has 0 aliphatic carbocycles. The topological polar surface area (TPSA) is 80.4 Å². The van der Waals surface area contributed by atoms with Crippen molar-refractivity contribution < 1.29 is 14.8 Å². The van der Waals surface area contributed by atoms with E-state index in [2.05, 4.69) is 0 Å². The van der Waals surface area contributed by atoms with Gasteiger partial charge in [-0.1, -0.05) is 31.5 Å². The molecule has 88 valence electrons. The normalized spacial score (nSPS) is 8.94. The highest BCUT2D eigenvalue weighted by atomic mass is 35.5. The molecule has 1 N–H and O–H groups in total. The Morgan fingerprint density at radius 2 is 2.06 bits per heavy atom. The molecule has 0 fully saturated rings. The quantitative estimate of drug-likeness (QED) is 0.656. The van der Waals surface area contributed by atoms with Crippen LogP contribution < -0.4 is 0 Å². The highest BCUT2D eigenvalue weighted by Gasteiger charge is 2.16. The number of carboxylic acids is 1. The van der Waals surface area contributed by atoms with E-state index < -0.39 is 10.9 Å². The number of hydrogen-bond acceptors (Lipinski definition) is 3. The van der Waals surface area contributed by atoms with Crippen LogP contribution in [0.5, 0.6) is 0 Å². The van der Waals surface area contributed by atoms with Crippen molar-refractivity contribution in [2.24, 2.45) is 0 Å². The minimum atomic E-state index is -1.12. The van der Waals surface area contributed by atoms with Crippen molar-refractivity contribution in [3.63, 3.8) is 0 Å². The molecule has 1 aromatic rings. The lowest BCUT2D eigenvalue weighted by Gasteiger charge is -1.99. The molecule has 0 saturated heterocycles. The van der Waals surface area contributed by atoms with Crippen molar-refractivity contribution >= 4 is 23.3 Å². The maximum atomic E-state index is 10.5. The Labute approximate surface area is 97.8 Å². The molecular formula is C10H12ClNO4. The van der Waals surface area contributed by atoms with E-state index in [1.54, 1.807) is 0 Å². The first kappa shape index (κ1) is 14.4. The fraction of sp³-hybridized carbons (Fsp3) is 0.300. The zero-order valence-electron chi connectivity index (χ0n) is 8.94. The number of nitro groups is 1. The van der Waals surface area contributed by atoms with E-state index in [1.807, 2.05) is 13.8 Å². The van der Waals surface area contributed by atoms with Gasteiger partial charge in [-0.15, -0.1) is 0 Å². The Kier molecular flexibility index (Phi) is 6.10. The van der Waals surface area contributed by atoms with Crippen molar-refractivity contribution in [2.45, 2.75) is 20.3 Å². The average molecular weight is 246 g/mol. The minimum absolute atomic E-state index is 0.145. The number of hydrogen-bond donors (Lipinski definition) is 1. The van der Waals surface area contributed by atoms with Gasteiger partial charge < -0.3 is 5.11 Å². The zero-order chi connectivity index (χ0) is 12.7. The van der Waals surface area contributed by atoms with Crippen molar-refractivity contribution in [2.75, 3.05) is 0 Å². The van der Waals surface area contributed by atoms with E-state index in [1.165, 1.54) is 12.1 Å². The first-order valence-electron chi connectivity index (χ1n) is 4.65. The van der Waals surface area contributed by atoms with Gasteiger partial charge in [0.25, 0.3) is 5.69 Å². The van der Waals surface area contributed by atoms with E-state index in [9.17, 15) is 14.9 Å². The summed E-state index contributed by atoms with van der Waals surface area (Å²) in [4.78, 5) is 20.2. The Bertz CT molecular complexity index is 392. The van der Waals surface area contributed by atoms with Gasteiger partial charge in [0, 0.05) is 16.7 Å².